The number of rotatable bonds is 4. The summed E-state index contributed by atoms with van der Waals surface area (Å²) in [5, 5.41) is 4.43. The van der Waals surface area contributed by atoms with Gasteiger partial charge in [0.15, 0.2) is 0 Å². The number of benzene rings is 3. The van der Waals surface area contributed by atoms with Crippen molar-refractivity contribution < 1.29 is 4.42 Å². The van der Waals surface area contributed by atoms with Gasteiger partial charge in [-0.05, 0) is 88.3 Å². The Morgan fingerprint density at radius 3 is 2.00 bits per heavy atom. The van der Waals surface area contributed by atoms with Crippen molar-refractivity contribution in [2.45, 2.75) is 0 Å². The van der Waals surface area contributed by atoms with E-state index in [-0.39, 0.29) is 0 Å². The predicted molar refractivity (Wildman–Crippen MR) is 164 cm³/mol. The van der Waals surface area contributed by atoms with Crippen molar-refractivity contribution in [3.05, 3.63) is 134 Å². The summed E-state index contributed by atoms with van der Waals surface area (Å²) in [6.45, 7) is 0. The lowest BCUT2D eigenvalue weighted by molar-refractivity contribution is 0.669. The van der Waals surface area contributed by atoms with Gasteiger partial charge in [0.25, 0.3) is 0 Å². The number of hydrogen-bond donors (Lipinski definition) is 0. The second-order valence-electron chi connectivity index (χ2n) is 9.95. The molecular weight excluding hydrogens is 504 g/mol. The highest BCUT2D eigenvalue weighted by Gasteiger charge is 2.16. The molecule has 8 aromatic rings. The van der Waals surface area contributed by atoms with E-state index in [4.69, 9.17) is 9.40 Å². The van der Waals surface area contributed by atoms with E-state index in [9.17, 15) is 0 Å². The average Bonchev–Trinajstić information content (AvgIpc) is 3.43. The molecule has 0 saturated heterocycles. The lowest BCUT2D eigenvalue weighted by Crippen LogP contribution is -1.93. The Hall–Kier alpha value is -5.68. The Morgan fingerprint density at radius 2 is 1.24 bits per heavy atom. The van der Waals surface area contributed by atoms with Gasteiger partial charge in [0, 0.05) is 40.9 Å². The maximum Gasteiger partial charge on any atom is 0.136 e. The van der Waals surface area contributed by atoms with Crippen molar-refractivity contribution in [3.63, 3.8) is 0 Å². The van der Waals surface area contributed by atoms with E-state index in [0.717, 1.165) is 77.7 Å². The molecule has 0 bridgehead atoms. The normalized spacial score (nSPS) is 11.4. The monoisotopic (exact) mass is 526 g/mol. The van der Waals surface area contributed by atoms with E-state index in [1.165, 1.54) is 0 Å². The highest BCUT2D eigenvalue weighted by atomic mass is 16.3. The van der Waals surface area contributed by atoms with Crippen LogP contribution in [-0.4, -0.2) is 19.9 Å². The summed E-state index contributed by atoms with van der Waals surface area (Å²) in [6, 6.07) is 37.0. The van der Waals surface area contributed by atoms with Crippen LogP contribution in [0.2, 0.25) is 0 Å². The number of nitrogens with zero attached hydrogens (tertiary/aromatic N) is 4. The first-order chi connectivity index (χ1) is 20.3. The largest absolute Gasteiger partial charge is 0.456 e. The fourth-order valence-electron chi connectivity index (χ4n) is 5.58. The summed E-state index contributed by atoms with van der Waals surface area (Å²) in [4.78, 5) is 18.4. The van der Waals surface area contributed by atoms with Gasteiger partial charge in [-0.25, -0.2) is 4.98 Å². The highest BCUT2D eigenvalue weighted by Crippen LogP contribution is 2.41. The highest BCUT2D eigenvalue weighted by molar-refractivity contribution is 6.15. The molecule has 0 aliphatic rings. The predicted octanol–water partition coefficient (Wildman–Crippen LogP) is 8.99. The third-order valence-electron chi connectivity index (χ3n) is 7.48. The Balaban J connectivity index is 1.36. The van der Waals surface area contributed by atoms with Crippen LogP contribution in [0.1, 0.15) is 0 Å². The van der Waals surface area contributed by atoms with Crippen LogP contribution in [-0.2, 0) is 0 Å². The van der Waals surface area contributed by atoms with Crippen molar-refractivity contribution >= 4 is 32.7 Å². The van der Waals surface area contributed by atoms with Crippen LogP contribution in [0.4, 0.5) is 0 Å². The van der Waals surface area contributed by atoms with Crippen LogP contribution in [0.3, 0.4) is 0 Å². The molecule has 0 saturated carbocycles. The molecule has 5 heterocycles. The van der Waals surface area contributed by atoms with Crippen LogP contribution >= 0.6 is 0 Å². The van der Waals surface area contributed by atoms with Crippen LogP contribution in [0.5, 0.6) is 0 Å². The number of hydrogen-bond acceptors (Lipinski definition) is 5. The van der Waals surface area contributed by atoms with Crippen LogP contribution in [0.25, 0.3) is 77.7 Å². The molecule has 0 aliphatic heterocycles. The molecule has 0 N–H and O–H groups in total. The number of aromatic nitrogens is 4. The minimum atomic E-state index is 0.797. The Kier molecular flexibility index (Phi) is 5.38. The Labute approximate surface area is 235 Å². The third-order valence-corrected chi connectivity index (χ3v) is 7.48. The molecule has 0 amide bonds. The summed E-state index contributed by atoms with van der Waals surface area (Å²) in [5.41, 5.74) is 9.32. The van der Waals surface area contributed by atoms with Crippen LogP contribution in [0, 0.1) is 0 Å². The molecule has 5 aromatic heterocycles. The average molecular weight is 527 g/mol. The molecule has 0 fully saturated rings. The van der Waals surface area contributed by atoms with E-state index in [1.807, 2.05) is 54.9 Å². The number of pyridine rings is 4. The summed E-state index contributed by atoms with van der Waals surface area (Å²) < 4.78 is 6.36. The molecule has 5 nitrogen and oxygen atoms in total. The van der Waals surface area contributed by atoms with Gasteiger partial charge in [-0.15, -0.1) is 0 Å². The van der Waals surface area contributed by atoms with Gasteiger partial charge < -0.3 is 4.42 Å². The van der Waals surface area contributed by atoms with E-state index in [0.29, 0.717) is 0 Å². The molecule has 41 heavy (non-hydrogen) atoms. The third kappa shape index (κ3) is 4.03. The van der Waals surface area contributed by atoms with Gasteiger partial charge in [-0.2, -0.15) is 0 Å². The molecule has 3 aromatic carbocycles. The van der Waals surface area contributed by atoms with Crippen molar-refractivity contribution in [1.82, 2.24) is 19.9 Å². The van der Waals surface area contributed by atoms with Crippen molar-refractivity contribution in [2.24, 2.45) is 0 Å². The second kappa shape index (κ2) is 9.50. The SMILES string of the molecule is c1ccc(-c2cc(-c3ccc4oc5cccc(-c6cccc7cnccc67)c5c4c3)cc(-c3ccccn3)n2)nc1. The van der Waals surface area contributed by atoms with Gasteiger partial charge >= 0.3 is 0 Å². The Bertz CT molecular complexity index is 2140. The fraction of sp³-hybridized carbons (Fsp3) is 0. The van der Waals surface area contributed by atoms with Gasteiger partial charge in [0.2, 0.25) is 0 Å². The van der Waals surface area contributed by atoms with E-state index in [1.54, 1.807) is 12.4 Å². The minimum absolute atomic E-state index is 0.797. The van der Waals surface area contributed by atoms with Crippen LogP contribution in [0.15, 0.2) is 138 Å². The molecule has 8 rings (SSSR count). The van der Waals surface area contributed by atoms with E-state index < -0.39 is 0 Å². The summed E-state index contributed by atoms with van der Waals surface area (Å²) >= 11 is 0. The zero-order valence-corrected chi connectivity index (χ0v) is 21.9. The minimum Gasteiger partial charge on any atom is -0.456 e. The smallest absolute Gasteiger partial charge is 0.136 e. The number of fused-ring (bicyclic) bond motifs is 4. The first-order valence-electron chi connectivity index (χ1n) is 13.5. The second-order valence-corrected chi connectivity index (χ2v) is 9.95. The molecular formula is C36H22N4O. The van der Waals surface area contributed by atoms with Gasteiger partial charge in [0.1, 0.15) is 11.2 Å². The fourth-order valence-corrected chi connectivity index (χ4v) is 5.58. The molecule has 192 valence electrons. The van der Waals surface area contributed by atoms with Crippen molar-refractivity contribution in [1.29, 1.82) is 0 Å². The zero-order valence-electron chi connectivity index (χ0n) is 21.9. The lowest BCUT2D eigenvalue weighted by atomic mass is 9.94. The maximum atomic E-state index is 6.36. The number of furan rings is 1. The Morgan fingerprint density at radius 1 is 0.488 bits per heavy atom. The zero-order chi connectivity index (χ0) is 27.2. The van der Waals surface area contributed by atoms with E-state index in [2.05, 4.69) is 81.7 Å². The molecule has 0 spiro atoms. The standard InChI is InChI=1S/C36H22N4O/c1-3-16-38-30(10-1)32-20-25(21-33(40-32)31-11-2-4-17-39-31)23-13-14-34-29(19-23)36-28(9-6-12-35(36)41-34)27-8-5-7-24-22-37-18-15-26(24)27/h1-22H. The molecule has 0 aliphatic carbocycles. The van der Waals surface area contributed by atoms with Gasteiger partial charge in [-0.3, -0.25) is 15.0 Å². The molecule has 0 atom stereocenters. The maximum absolute atomic E-state index is 6.36. The van der Waals surface area contributed by atoms with E-state index >= 15 is 0 Å². The summed E-state index contributed by atoms with van der Waals surface area (Å²) in [6.07, 6.45) is 7.34. The topological polar surface area (TPSA) is 64.7 Å². The molecule has 0 unspecified atom stereocenters. The van der Waals surface area contributed by atoms with Crippen LogP contribution < -0.4 is 0 Å². The first-order valence-corrected chi connectivity index (χ1v) is 13.5. The first kappa shape index (κ1) is 23.2. The lowest BCUT2D eigenvalue weighted by Gasteiger charge is -2.10. The summed E-state index contributed by atoms with van der Waals surface area (Å²) in [5.74, 6) is 0. The summed E-state index contributed by atoms with van der Waals surface area (Å²) in [7, 11) is 0. The van der Waals surface area contributed by atoms with Gasteiger partial charge in [-0.1, -0.05) is 48.5 Å². The molecule has 0 radical (unpaired) electrons. The van der Waals surface area contributed by atoms with Crippen molar-refractivity contribution in [3.8, 4) is 45.0 Å². The van der Waals surface area contributed by atoms with Crippen molar-refractivity contribution in [2.75, 3.05) is 0 Å². The quantitative estimate of drug-likeness (QED) is 0.229. The molecule has 5 heteroatoms. The van der Waals surface area contributed by atoms with Gasteiger partial charge in [0.05, 0.1) is 22.8 Å².